The van der Waals surface area contributed by atoms with Crippen molar-refractivity contribution in [1.82, 2.24) is 14.5 Å². The summed E-state index contributed by atoms with van der Waals surface area (Å²) in [5.41, 5.74) is 1.45. The Balaban J connectivity index is 1.81. The van der Waals surface area contributed by atoms with Crippen molar-refractivity contribution in [3.63, 3.8) is 0 Å². The fraction of sp³-hybridized carbons (Fsp3) is 0.192. The fourth-order valence-corrected chi connectivity index (χ4v) is 4.40. The molecule has 3 aromatic carbocycles. The number of ether oxygens (including phenoxy) is 1. The van der Waals surface area contributed by atoms with Crippen LogP contribution in [0.5, 0.6) is 0 Å². The highest BCUT2D eigenvalue weighted by Crippen LogP contribution is 2.27. The summed E-state index contributed by atoms with van der Waals surface area (Å²) in [5.74, 6) is 0.418. The summed E-state index contributed by atoms with van der Waals surface area (Å²) in [6.45, 7) is 2.37. The van der Waals surface area contributed by atoms with E-state index in [0.717, 1.165) is 4.47 Å². The monoisotopic (exact) mass is 588 g/mol. The lowest BCUT2D eigenvalue weighted by molar-refractivity contribution is 0.137. The Labute approximate surface area is 226 Å². The number of benzene rings is 3. The molecule has 1 aromatic heterocycles. The number of para-hydroxylation sites is 1. The predicted octanol–water partition coefficient (Wildman–Crippen LogP) is 6.70. The minimum Gasteiger partial charge on any atom is -0.383 e. The second-order valence-corrected chi connectivity index (χ2v) is 9.76. The Morgan fingerprint density at radius 1 is 1.11 bits per heavy atom. The van der Waals surface area contributed by atoms with E-state index in [1.807, 2.05) is 37.3 Å². The summed E-state index contributed by atoms with van der Waals surface area (Å²) in [7, 11) is 1.56. The quantitative estimate of drug-likeness (QED) is 0.260. The van der Waals surface area contributed by atoms with Crippen LogP contribution in [0, 0.1) is 0 Å². The number of anilines is 1. The first kappa shape index (κ1) is 26.2. The summed E-state index contributed by atoms with van der Waals surface area (Å²) in [6.07, 6.45) is 0. The van der Waals surface area contributed by atoms with Crippen LogP contribution in [0.4, 0.5) is 10.5 Å². The molecule has 0 aliphatic heterocycles. The number of halogens is 3. The Bertz CT molecular complexity index is 1460. The standard InChI is InChI=1S/C26H23BrCl2N4O3/c1-16(32(13-14-36-2)26(35)30-18-9-12-21(28)22(29)15-18)24-31-23-6-4-3-5-20(23)25(34)33(24)19-10-7-17(27)8-11-19/h3-12,15-16H,13-14H2,1-2H3,(H,30,35). The highest BCUT2D eigenvalue weighted by Gasteiger charge is 2.27. The topological polar surface area (TPSA) is 76.5 Å². The maximum absolute atomic E-state index is 13.6. The number of nitrogens with one attached hydrogen (secondary N) is 1. The van der Waals surface area contributed by atoms with E-state index in [9.17, 15) is 9.59 Å². The number of rotatable bonds is 7. The van der Waals surface area contributed by atoms with E-state index in [-0.39, 0.29) is 18.7 Å². The number of nitrogens with zero attached hydrogens (tertiary/aromatic N) is 3. The van der Waals surface area contributed by atoms with Crippen molar-refractivity contribution in [2.45, 2.75) is 13.0 Å². The third-order valence-corrected chi connectivity index (χ3v) is 6.96. The Hall–Kier alpha value is -2.91. The number of carbonyl (C=O) groups is 1. The van der Waals surface area contributed by atoms with Gasteiger partial charge in [0, 0.05) is 23.8 Å². The van der Waals surface area contributed by atoms with Crippen LogP contribution in [-0.4, -0.2) is 40.7 Å². The molecule has 10 heteroatoms. The van der Waals surface area contributed by atoms with Crippen LogP contribution in [0.3, 0.4) is 0 Å². The lowest BCUT2D eigenvalue weighted by Crippen LogP contribution is -2.41. The highest BCUT2D eigenvalue weighted by molar-refractivity contribution is 9.10. The van der Waals surface area contributed by atoms with Gasteiger partial charge >= 0.3 is 6.03 Å². The van der Waals surface area contributed by atoms with Gasteiger partial charge in [0.05, 0.1) is 39.3 Å². The van der Waals surface area contributed by atoms with Crippen molar-refractivity contribution in [2.75, 3.05) is 25.6 Å². The normalized spacial score (nSPS) is 11.9. The molecule has 7 nitrogen and oxygen atoms in total. The lowest BCUT2D eigenvalue weighted by Gasteiger charge is -2.30. The van der Waals surface area contributed by atoms with Crippen LogP contribution in [0.1, 0.15) is 18.8 Å². The van der Waals surface area contributed by atoms with Crippen LogP contribution in [0.2, 0.25) is 10.0 Å². The first-order valence-electron chi connectivity index (χ1n) is 11.1. The summed E-state index contributed by atoms with van der Waals surface area (Å²) in [4.78, 5) is 33.5. The van der Waals surface area contributed by atoms with E-state index in [1.54, 1.807) is 53.0 Å². The molecule has 186 valence electrons. The molecule has 0 radical (unpaired) electrons. The van der Waals surface area contributed by atoms with E-state index < -0.39 is 12.1 Å². The molecule has 0 aliphatic rings. The SMILES string of the molecule is COCCN(C(=O)Nc1ccc(Cl)c(Cl)c1)C(C)c1nc2ccccc2c(=O)n1-c1ccc(Br)cc1. The molecule has 0 spiro atoms. The number of aromatic nitrogens is 2. The molecular weight excluding hydrogens is 567 g/mol. The van der Waals surface area contributed by atoms with Crippen LogP contribution < -0.4 is 10.9 Å². The van der Waals surface area contributed by atoms with Gasteiger partial charge in [-0.05, 0) is 61.5 Å². The average molecular weight is 590 g/mol. The van der Waals surface area contributed by atoms with E-state index in [4.69, 9.17) is 32.9 Å². The Kier molecular flexibility index (Phi) is 8.31. The molecule has 2 amide bonds. The van der Waals surface area contributed by atoms with Crippen molar-refractivity contribution in [3.05, 3.63) is 97.4 Å². The number of urea groups is 1. The van der Waals surface area contributed by atoms with Crippen LogP contribution in [-0.2, 0) is 4.74 Å². The fourth-order valence-electron chi connectivity index (χ4n) is 3.84. The van der Waals surface area contributed by atoms with E-state index in [0.29, 0.717) is 38.1 Å². The van der Waals surface area contributed by atoms with Crippen molar-refractivity contribution in [2.24, 2.45) is 0 Å². The molecule has 4 rings (SSSR count). The largest absolute Gasteiger partial charge is 0.383 e. The van der Waals surface area contributed by atoms with Crippen molar-refractivity contribution < 1.29 is 9.53 Å². The van der Waals surface area contributed by atoms with Gasteiger partial charge < -0.3 is 15.0 Å². The number of amides is 2. The third-order valence-electron chi connectivity index (χ3n) is 5.70. The number of hydrogen-bond donors (Lipinski definition) is 1. The minimum atomic E-state index is -0.594. The molecule has 1 unspecified atom stereocenters. The van der Waals surface area contributed by atoms with Gasteiger partial charge in [-0.1, -0.05) is 51.3 Å². The number of hydrogen-bond acceptors (Lipinski definition) is 4. The van der Waals surface area contributed by atoms with Crippen molar-refractivity contribution >= 4 is 61.8 Å². The van der Waals surface area contributed by atoms with Gasteiger partial charge in [0.1, 0.15) is 5.82 Å². The van der Waals surface area contributed by atoms with Crippen LogP contribution in [0.25, 0.3) is 16.6 Å². The number of methoxy groups -OCH3 is 1. The Morgan fingerprint density at radius 2 is 1.83 bits per heavy atom. The summed E-state index contributed by atoms with van der Waals surface area (Å²) >= 11 is 15.6. The second kappa shape index (κ2) is 11.4. The molecule has 0 fully saturated rings. The zero-order valence-corrected chi connectivity index (χ0v) is 22.6. The lowest BCUT2D eigenvalue weighted by atomic mass is 10.2. The number of carbonyl (C=O) groups excluding carboxylic acids is 1. The maximum atomic E-state index is 13.6. The second-order valence-electron chi connectivity index (χ2n) is 8.03. The number of fused-ring (bicyclic) bond motifs is 1. The molecule has 0 saturated carbocycles. The van der Waals surface area contributed by atoms with Gasteiger partial charge in [0.25, 0.3) is 5.56 Å². The predicted molar refractivity (Wildman–Crippen MR) is 148 cm³/mol. The first-order valence-corrected chi connectivity index (χ1v) is 12.6. The van der Waals surface area contributed by atoms with Crippen LogP contribution in [0.15, 0.2) is 76.0 Å². The molecule has 1 heterocycles. The molecule has 4 aromatic rings. The van der Waals surface area contributed by atoms with Crippen molar-refractivity contribution in [1.29, 1.82) is 0 Å². The van der Waals surface area contributed by atoms with Gasteiger partial charge in [0.15, 0.2) is 0 Å². The first-order chi connectivity index (χ1) is 17.3. The molecule has 0 saturated heterocycles. The summed E-state index contributed by atoms with van der Waals surface area (Å²) in [5, 5.41) is 4.05. The van der Waals surface area contributed by atoms with E-state index >= 15 is 0 Å². The molecular formula is C26H23BrCl2N4O3. The van der Waals surface area contributed by atoms with Crippen molar-refractivity contribution in [3.8, 4) is 5.69 Å². The zero-order valence-electron chi connectivity index (χ0n) is 19.5. The van der Waals surface area contributed by atoms with Gasteiger partial charge in [-0.15, -0.1) is 0 Å². The van der Waals surface area contributed by atoms with Gasteiger partial charge in [0.2, 0.25) is 0 Å². The maximum Gasteiger partial charge on any atom is 0.322 e. The van der Waals surface area contributed by atoms with Gasteiger partial charge in [-0.3, -0.25) is 9.36 Å². The van der Waals surface area contributed by atoms with Crippen LogP contribution >= 0.6 is 39.1 Å². The highest BCUT2D eigenvalue weighted by atomic mass is 79.9. The molecule has 0 aliphatic carbocycles. The van der Waals surface area contributed by atoms with E-state index in [2.05, 4.69) is 21.2 Å². The Morgan fingerprint density at radius 3 is 2.53 bits per heavy atom. The summed E-state index contributed by atoms with van der Waals surface area (Å²) in [6, 6.07) is 18.4. The van der Waals surface area contributed by atoms with E-state index in [1.165, 1.54) is 0 Å². The smallest absolute Gasteiger partial charge is 0.322 e. The average Bonchev–Trinajstić information content (AvgIpc) is 2.87. The summed E-state index contributed by atoms with van der Waals surface area (Å²) < 4.78 is 7.69. The molecule has 0 bridgehead atoms. The van der Waals surface area contributed by atoms with Gasteiger partial charge in [-0.25, -0.2) is 9.78 Å². The molecule has 1 N–H and O–H groups in total. The molecule has 36 heavy (non-hydrogen) atoms. The zero-order chi connectivity index (χ0) is 25.8. The molecule has 1 atom stereocenters. The van der Waals surface area contributed by atoms with Gasteiger partial charge in [-0.2, -0.15) is 0 Å². The third kappa shape index (κ3) is 5.57. The minimum absolute atomic E-state index is 0.221.